The van der Waals surface area contributed by atoms with Crippen molar-refractivity contribution in [3.8, 4) is 5.82 Å². The smallest absolute Gasteiger partial charge is 0.339 e. The largest absolute Gasteiger partial charge is 0.478 e. The topological polar surface area (TPSA) is 80.9 Å². The minimum atomic E-state index is -1.01. The lowest BCUT2D eigenvalue weighted by atomic mass is 10.1. The van der Waals surface area contributed by atoms with Crippen molar-refractivity contribution >= 4 is 5.97 Å². The van der Waals surface area contributed by atoms with Crippen LogP contribution in [-0.2, 0) is 6.42 Å². The van der Waals surface area contributed by atoms with Crippen molar-refractivity contribution in [1.82, 2.24) is 20.0 Å². The number of aromatic nitrogens is 4. The van der Waals surface area contributed by atoms with Crippen molar-refractivity contribution in [3.63, 3.8) is 0 Å². The van der Waals surface area contributed by atoms with Gasteiger partial charge in [-0.1, -0.05) is 6.92 Å². The van der Waals surface area contributed by atoms with E-state index in [9.17, 15) is 9.90 Å². The summed E-state index contributed by atoms with van der Waals surface area (Å²) in [6, 6.07) is 0. The first-order valence-corrected chi connectivity index (χ1v) is 6.51. The highest BCUT2D eigenvalue weighted by Crippen LogP contribution is 2.22. The van der Waals surface area contributed by atoms with Crippen LogP contribution in [0.4, 0.5) is 0 Å². The van der Waals surface area contributed by atoms with Crippen LogP contribution in [-0.4, -0.2) is 31.1 Å². The van der Waals surface area contributed by atoms with Crippen molar-refractivity contribution in [2.75, 3.05) is 0 Å². The molecule has 2 aromatic rings. The zero-order valence-corrected chi connectivity index (χ0v) is 12.4. The van der Waals surface area contributed by atoms with Crippen molar-refractivity contribution in [1.29, 1.82) is 0 Å². The molecule has 0 atom stereocenters. The van der Waals surface area contributed by atoms with Gasteiger partial charge in [0.05, 0.1) is 11.4 Å². The van der Waals surface area contributed by atoms with E-state index in [1.807, 2.05) is 20.8 Å². The fourth-order valence-electron chi connectivity index (χ4n) is 2.39. The first-order valence-electron chi connectivity index (χ1n) is 6.51. The second-order valence-corrected chi connectivity index (χ2v) is 4.83. The van der Waals surface area contributed by atoms with E-state index in [1.165, 1.54) is 0 Å². The first-order chi connectivity index (χ1) is 9.38. The maximum atomic E-state index is 11.5. The number of aryl methyl sites for hydroxylation is 2. The van der Waals surface area contributed by atoms with Crippen LogP contribution in [0.25, 0.3) is 5.82 Å². The molecule has 0 aromatic carbocycles. The van der Waals surface area contributed by atoms with Crippen LogP contribution < -0.4 is 0 Å². The minimum absolute atomic E-state index is 0.158. The van der Waals surface area contributed by atoms with E-state index < -0.39 is 5.97 Å². The summed E-state index contributed by atoms with van der Waals surface area (Å²) < 4.78 is 1.58. The SMILES string of the molecule is CCc1c(C)nn(-c2nnc(C)c(C)c2C(=O)O)c1C. The van der Waals surface area contributed by atoms with E-state index in [2.05, 4.69) is 15.3 Å². The molecule has 20 heavy (non-hydrogen) atoms. The third kappa shape index (κ3) is 2.07. The molecule has 2 rings (SSSR count). The van der Waals surface area contributed by atoms with Gasteiger partial charge in [-0.15, -0.1) is 5.10 Å². The Hall–Kier alpha value is -2.24. The summed E-state index contributed by atoms with van der Waals surface area (Å²) in [5.74, 6) is -0.734. The average molecular weight is 274 g/mol. The second kappa shape index (κ2) is 5.03. The standard InChI is InChI=1S/C14H18N4O2/c1-6-11-9(4)17-18(10(11)5)13-12(14(19)20)7(2)8(3)15-16-13/h6H2,1-5H3,(H,19,20). The molecule has 106 valence electrons. The van der Waals surface area contributed by atoms with Gasteiger partial charge in [0.1, 0.15) is 5.56 Å². The molecule has 2 aromatic heterocycles. The maximum absolute atomic E-state index is 11.5. The van der Waals surface area contributed by atoms with Crippen LogP contribution in [0.15, 0.2) is 0 Å². The Morgan fingerprint density at radius 3 is 2.30 bits per heavy atom. The normalized spacial score (nSPS) is 10.8. The van der Waals surface area contributed by atoms with Crippen LogP contribution in [0, 0.1) is 27.7 Å². The lowest BCUT2D eigenvalue weighted by molar-refractivity contribution is 0.0695. The lowest BCUT2D eigenvalue weighted by Gasteiger charge is -2.10. The molecule has 0 aliphatic heterocycles. The molecular formula is C14H18N4O2. The van der Waals surface area contributed by atoms with E-state index >= 15 is 0 Å². The fraction of sp³-hybridized carbons (Fsp3) is 0.429. The van der Waals surface area contributed by atoms with E-state index in [0.717, 1.165) is 23.4 Å². The summed E-state index contributed by atoms with van der Waals surface area (Å²) in [7, 11) is 0. The van der Waals surface area contributed by atoms with Gasteiger partial charge in [-0.2, -0.15) is 10.2 Å². The molecular weight excluding hydrogens is 256 g/mol. The summed E-state index contributed by atoms with van der Waals surface area (Å²) in [4.78, 5) is 11.5. The number of hydrogen-bond donors (Lipinski definition) is 1. The fourth-order valence-corrected chi connectivity index (χ4v) is 2.39. The molecule has 0 saturated heterocycles. The number of rotatable bonds is 3. The van der Waals surface area contributed by atoms with E-state index in [0.29, 0.717) is 11.3 Å². The number of nitrogens with zero attached hydrogens (tertiary/aromatic N) is 4. The highest BCUT2D eigenvalue weighted by Gasteiger charge is 2.22. The van der Waals surface area contributed by atoms with Crippen molar-refractivity contribution in [3.05, 3.63) is 33.8 Å². The molecule has 0 aliphatic carbocycles. The van der Waals surface area contributed by atoms with Crippen molar-refractivity contribution in [2.24, 2.45) is 0 Å². The van der Waals surface area contributed by atoms with Gasteiger partial charge in [0.25, 0.3) is 0 Å². The van der Waals surface area contributed by atoms with Gasteiger partial charge in [0.2, 0.25) is 0 Å². The number of hydrogen-bond acceptors (Lipinski definition) is 4. The number of aromatic carboxylic acids is 1. The molecule has 0 fully saturated rings. The molecule has 0 unspecified atom stereocenters. The quantitative estimate of drug-likeness (QED) is 0.927. The second-order valence-electron chi connectivity index (χ2n) is 4.83. The Labute approximate surface area is 117 Å². The molecule has 0 radical (unpaired) electrons. The summed E-state index contributed by atoms with van der Waals surface area (Å²) in [5.41, 5.74) is 4.30. The van der Waals surface area contributed by atoms with Gasteiger partial charge in [0, 0.05) is 5.69 Å². The molecule has 6 heteroatoms. The van der Waals surface area contributed by atoms with Gasteiger partial charge >= 0.3 is 5.97 Å². The predicted octanol–water partition coefficient (Wildman–Crippen LogP) is 2.16. The molecule has 0 amide bonds. The predicted molar refractivity (Wildman–Crippen MR) is 74.4 cm³/mol. The maximum Gasteiger partial charge on any atom is 0.339 e. The summed E-state index contributed by atoms with van der Waals surface area (Å²) in [6.45, 7) is 9.37. The number of carboxylic acid groups (broad SMARTS) is 1. The Kier molecular flexibility index (Phi) is 3.57. The first kappa shape index (κ1) is 14.2. The molecule has 6 nitrogen and oxygen atoms in total. The molecule has 2 heterocycles. The van der Waals surface area contributed by atoms with Crippen molar-refractivity contribution in [2.45, 2.75) is 41.0 Å². The average Bonchev–Trinajstić information content (AvgIpc) is 2.67. The van der Waals surface area contributed by atoms with Crippen LogP contribution in [0.2, 0.25) is 0 Å². The summed E-state index contributed by atoms with van der Waals surface area (Å²) in [5, 5.41) is 21.9. The molecule has 1 N–H and O–H groups in total. The van der Waals surface area contributed by atoms with Gasteiger partial charge in [-0.3, -0.25) is 0 Å². The Morgan fingerprint density at radius 2 is 1.80 bits per heavy atom. The van der Waals surface area contributed by atoms with Crippen molar-refractivity contribution < 1.29 is 9.90 Å². The number of carbonyl (C=O) groups is 1. The zero-order chi connectivity index (χ0) is 15.0. The lowest BCUT2D eigenvalue weighted by Crippen LogP contribution is -2.15. The Morgan fingerprint density at radius 1 is 1.15 bits per heavy atom. The molecule has 0 bridgehead atoms. The summed E-state index contributed by atoms with van der Waals surface area (Å²) >= 11 is 0. The minimum Gasteiger partial charge on any atom is -0.478 e. The van der Waals surface area contributed by atoms with E-state index in [-0.39, 0.29) is 11.4 Å². The Bertz CT molecular complexity index is 689. The molecule has 0 aliphatic rings. The molecule has 0 spiro atoms. The van der Waals surface area contributed by atoms with E-state index in [4.69, 9.17) is 0 Å². The van der Waals surface area contributed by atoms with Gasteiger partial charge in [0.15, 0.2) is 5.82 Å². The number of carboxylic acids is 1. The zero-order valence-electron chi connectivity index (χ0n) is 12.4. The monoisotopic (exact) mass is 274 g/mol. The molecule has 0 saturated carbocycles. The van der Waals surface area contributed by atoms with Gasteiger partial charge < -0.3 is 5.11 Å². The third-order valence-electron chi connectivity index (χ3n) is 3.65. The van der Waals surface area contributed by atoms with E-state index in [1.54, 1.807) is 18.5 Å². The van der Waals surface area contributed by atoms with Crippen LogP contribution in [0.3, 0.4) is 0 Å². The highest BCUT2D eigenvalue weighted by molar-refractivity contribution is 5.92. The van der Waals surface area contributed by atoms with Gasteiger partial charge in [-0.25, -0.2) is 9.48 Å². The third-order valence-corrected chi connectivity index (χ3v) is 3.65. The van der Waals surface area contributed by atoms with Gasteiger partial charge in [-0.05, 0) is 45.2 Å². The summed E-state index contributed by atoms with van der Waals surface area (Å²) in [6.07, 6.45) is 0.846. The van der Waals surface area contributed by atoms with Crippen LogP contribution in [0.5, 0.6) is 0 Å². The van der Waals surface area contributed by atoms with Crippen LogP contribution in [0.1, 0.15) is 45.5 Å². The van der Waals surface area contributed by atoms with Crippen LogP contribution >= 0.6 is 0 Å². The Balaban J connectivity index is 2.77. The highest BCUT2D eigenvalue weighted by atomic mass is 16.4.